The number of Topliss-reactive ketones (excluding diaryl/α,β-unsaturated/α-hetero) is 1. The lowest BCUT2D eigenvalue weighted by atomic mass is 10.4. The number of hydrogen-bond acceptors (Lipinski definition) is 4. The highest BCUT2D eigenvalue weighted by Gasteiger charge is 2.26. The summed E-state index contributed by atoms with van der Waals surface area (Å²) < 4.78 is 5.61. The lowest BCUT2D eigenvalue weighted by Gasteiger charge is -2.24. The first-order valence-electron chi connectivity index (χ1n) is 10.7. The van der Waals surface area contributed by atoms with Crippen LogP contribution in [0.4, 0.5) is 0 Å². The van der Waals surface area contributed by atoms with Crippen LogP contribution in [0.2, 0.25) is 0 Å². The van der Waals surface area contributed by atoms with E-state index in [-0.39, 0.29) is 29.5 Å². The number of ketones is 1. The highest BCUT2D eigenvalue weighted by Crippen LogP contribution is 2.21. The smallest absolute Gasteiger partial charge is 0.309 e. The Morgan fingerprint density at radius 2 is 2.00 bits per heavy atom. The molecule has 0 spiro atoms. The van der Waals surface area contributed by atoms with Crippen LogP contribution < -0.4 is 0 Å². The van der Waals surface area contributed by atoms with Gasteiger partial charge in [0, 0.05) is 12.3 Å². The molecule has 0 aliphatic carbocycles. The van der Waals surface area contributed by atoms with E-state index < -0.39 is 12.2 Å². The summed E-state index contributed by atoms with van der Waals surface area (Å²) in [5, 5.41) is 10.7. The normalized spacial score (nSPS) is 28.9. The molecule has 0 unspecified atom stereocenters. The molecule has 1 aliphatic heterocycles. The predicted molar refractivity (Wildman–Crippen MR) is 114 cm³/mol. The van der Waals surface area contributed by atoms with E-state index in [2.05, 4.69) is 39.0 Å². The maximum Gasteiger partial charge on any atom is 0.309 e. The molecule has 0 fully saturated rings. The van der Waals surface area contributed by atoms with Crippen molar-refractivity contribution in [2.45, 2.75) is 85.4 Å². The van der Waals surface area contributed by atoms with Crippen LogP contribution in [0.1, 0.15) is 73.1 Å². The summed E-state index contributed by atoms with van der Waals surface area (Å²) in [5.41, 5.74) is 1.17. The Morgan fingerprint density at radius 3 is 2.68 bits per heavy atom. The van der Waals surface area contributed by atoms with Crippen LogP contribution in [0.5, 0.6) is 0 Å². The Bertz CT molecular complexity index is 587. The number of cyclic esters (lactones) is 1. The molecule has 28 heavy (non-hydrogen) atoms. The molecule has 1 N–H and O–H groups in total. The van der Waals surface area contributed by atoms with E-state index in [1.807, 2.05) is 13.0 Å². The number of hydrogen-bond donors (Lipinski definition) is 1. The molecule has 0 aromatic rings. The first kappa shape index (κ1) is 24.4. The maximum atomic E-state index is 12.4. The average molecular weight is 406 g/mol. The second-order valence-corrected chi connectivity index (χ2v) is 8.22. The van der Waals surface area contributed by atoms with E-state index in [1.54, 1.807) is 13.0 Å². The van der Waals surface area contributed by atoms with E-state index in [1.165, 1.54) is 5.57 Å². The van der Waals surface area contributed by atoms with Gasteiger partial charge in [0.2, 0.25) is 0 Å². The minimum atomic E-state index is -0.761. The van der Waals surface area contributed by atoms with Gasteiger partial charge in [-0.25, -0.2) is 0 Å². The minimum absolute atomic E-state index is 0.0000180. The van der Waals surface area contributed by atoms with Crippen molar-refractivity contribution in [3.8, 4) is 0 Å². The number of carbonyl (C=O) groups excluding carboxylic acids is 2. The Hall–Kier alpha value is -1.68. The number of ether oxygens (including phenoxy) is 1. The van der Waals surface area contributed by atoms with Gasteiger partial charge in [-0.2, -0.15) is 0 Å². The van der Waals surface area contributed by atoms with E-state index in [0.717, 1.165) is 19.3 Å². The fourth-order valence-corrected chi connectivity index (χ4v) is 3.35. The van der Waals surface area contributed by atoms with E-state index in [0.29, 0.717) is 19.3 Å². The van der Waals surface area contributed by atoms with Crippen LogP contribution in [0, 0.1) is 17.8 Å². The highest BCUT2D eigenvalue weighted by atomic mass is 16.7. The lowest BCUT2D eigenvalue weighted by Crippen LogP contribution is -2.33. The van der Waals surface area contributed by atoms with Crippen molar-refractivity contribution < 1.29 is 19.4 Å². The van der Waals surface area contributed by atoms with Gasteiger partial charge >= 0.3 is 5.97 Å². The Kier molecular flexibility index (Phi) is 11.1. The summed E-state index contributed by atoms with van der Waals surface area (Å²) in [6, 6.07) is 0. The number of esters is 1. The predicted octanol–water partition coefficient (Wildman–Crippen LogP) is 5.17. The molecule has 1 heterocycles. The van der Waals surface area contributed by atoms with Crippen molar-refractivity contribution in [1.29, 1.82) is 0 Å². The summed E-state index contributed by atoms with van der Waals surface area (Å²) in [5.74, 6) is -0.323. The molecule has 0 amide bonds. The highest BCUT2D eigenvalue weighted by molar-refractivity contribution is 5.81. The molecule has 0 radical (unpaired) electrons. The zero-order valence-corrected chi connectivity index (χ0v) is 18.2. The standard InChI is InChI=1S/C24H38O4/c1-6-7-10-17(2)15-18(3)16-22(26)23-12-9-8-11-19(4)21(25)14-13-20(5)24(27)28-23/h7,9-10,12,15,18-20,22-23,26H,6,8,11,13-14,16H2,1-5H3/b10-7+,12-9+,17-15+/t18-,19-,20-,22-,23-/m0/s1/i1+1,2+1,3+1,4+1,5+1,7+1,9+1,10+1,11+1,14+1,15+1,16+1,20+1,21+1,23+1,24+1. The van der Waals surface area contributed by atoms with Gasteiger partial charge in [0.25, 0.3) is 0 Å². The van der Waals surface area contributed by atoms with Gasteiger partial charge in [-0.3, -0.25) is 9.59 Å². The largest absolute Gasteiger partial charge is 0.455 e. The van der Waals surface area contributed by atoms with Crippen molar-refractivity contribution in [2.75, 3.05) is 0 Å². The maximum absolute atomic E-state index is 12.4. The number of aliphatic hydroxyl groups is 1. The molecule has 1 aliphatic rings. The molecule has 4 heteroatoms. The van der Waals surface area contributed by atoms with Gasteiger partial charge < -0.3 is 9.84 Å². The molecule has 5 atom stereocenters. The second kappa shape index (κ2) is 12.7. The first-order chi connectivity index (χ1) is 13.2. The molecule has 0 aromatic carbocycles. The number of aliphatic hydroxyl groups excluding tert-OH is 1. The Labute approximate surface area is 170 Å². The molecule has 0 bridgehead atoms. The fraction of sp³-hybridized carbons (Fsp3) is 0.667. The minimum Gasteiger partial charge on any atom is -0.455 e. The number of allylic oxidation sites excluding steroid dienone is 5. The molecule has 0 saturated heterocycles. The Balaban J connectivity index is 2.83. The summed E-state index contributed by atoms with van der Waals surface area (Å²) in [6.45, 7) is 9.94. The van der Waals surface area contributed by atoms with Crippen LogP contribution in [0.3, 0.4) is 0 Å². The van der Waals surface area contributed by atoms with Crippen LogP contribution >= 0.6 is 0 Å². The molecular formula is C24H38O4. The van der Waals surface area contributed by atoms with Gasteiger partial charge in [0.15, 0.2) is 0 Å². The summed E-state index contributed by atoms with van der Waals surface area (Å²) in [6.07, 6.45) is 12.6. The molecular weight excluding hydrogens is 368 g/mol. The topological polar surface area (TPSA) is 63.6 Å². The van der Waals surface area contributed by atoms with Crippen molar-refractivity contribution in [3.05, 3.63) is 36.0 Å². The average Bonchev–Trinajstić information content (AvgIpc) is 2.64. The molecule has 0 aromatic heterocycles. The monoisotopic (exact) mass is 406 g/mol. The van der Waals surface area contributed by atoms with Crippen molar-refractivity contribution in [1.82, 2.24) is 0 Å². The molecule has 4 nitrogen and oxygen atoms in total. The molecule has 1 rings (SSSR count). The summed E-state index contributed by atoms with van der Waals surface area (Å²) in [4.78, 5) is 24.5. The fourth-order valence-electron chi connectivity index (χ4n) is 3.35. The zero-order valence-electron chi connectivity index (χ0n) is 18.2. The lowest BCUT2D eigenvalue weighted by molar-refractivity contribution is -0.156. The van der Waals surface area contributed by atoms with E-state index in [4.69, 9.17) is 4.74 Å². The Morgan fingerprint density at radius 1 is 1.29 bits per heavy atom. The van der Waals surface area contributed by atoms with Gasteiger partial charge in [0.05, 0.1) is 12.0 Å². The van der Waals surface area contributed by atoms with Crippen LogP contribution in [-0.4, -0.2) is 29.1 Å². The van der Waals surface area contributed by atoms with Gasteiger partial charge in [0.1, 0.15) is 11.9 Å². The van der Waals surface area contributed by atoms with E-state index in [9.17, 15) is 14.7 Å². The SMILES string of the molecule is [13CH3]C/[13CH]=[13CH]/C([13CH3])=[13CH]/[C@H]([13CH3])[13CH2][C@H](O)[13C@@H]1/C=[13CH]/C[13CH2][C@H]([13CH3])[13C](=O)[13CH2]C[13C@H]([13CH3])[13C](=O)O1. The first-order valence-corrected chi connectivity index (χ1v) is 10.7. The van der Waals surface area contributed by atoms with Crippen molar-refractivity contribution in [3.63, 3.8) is 0 Å². The molecule has 0 saturated carbocycles. The third-order valence-corrected chi connectivity index (χ3v) is 5.28. The van der Waals surface area contributed by atoms with Gasteiger partial charge in [-0.1, -0.05) is 57.6 Å². The van der Waals surface area contributed by atoms with Crippen LogP contribution in [0.15, 0.2) is 36.0 Å². The summed E-state index contributed by atoms with van der Waals surface area (Å²) >= 11 is 0. The van der Waals surface area contributed by atoms with Gasteiger partial charge in [-0.05, 0) is 51.0 Å². The second-order valence-electron chi connectivity index (χ2n) is 8.22. The summed E-state index contributed by atoms with van der Waals surface area (Å²) in [7, 11) is 0. The third kappa shape index (κ3) is 9.01. The van der Waals surface area contributed by atoms with Crippen LogP contribution in [-0.2, 0) is 14.3 Å². The van der Waals surface area contributed by atoms with Gasteiger partial charge in [-0.15, -0.1) is 0 Å². The molecule has 158 valence electrons. The third-order valence-electron chi connectivity index (χ3n) is 5.28. The zero-order chi connectivity index (χ0) is 21.1. The quantitative estimate of drug-likeness (QED) is 0.286. The van der Waals surface area contributed by atoms with Crippen LogP contribution in [0.25, 0.3) is 0 Å². The number of carbonyl (C=O) groups is 2. The van der Waals surface area contributed by atoms with Crippen molar-refractivity contribution in [2.24, 2.45) is 17.8 Å². The number of rotatable bonds is 6. The van der Waals surface area contributed by atoms with E-state index >= 15 is 0 Å². The van der Waals surface area contributed by atoms with Crippen molar-refractivity contribution >= 4 is 11.8 Å².